The molecule has 0 fully saturated rings. The maximum absolute atomic E-state index is 12.2. The van der Waals surface area contributed by atoms with Crippen LogP contribution in [0, 0.1) is 6.92 Å². The van der Waals surface area contributed by atoms with Crippen LogP contribution in [0.25, 0.3) is 0 Å². The van der Waals surface area contributed by atoms with Gasteiger partial charge in [0.1, 0.15) is 11.5 Å². The van der Waals surface area contributed by atoms with E-state index in [0.29, 0.717) is 18.8 Å². The molecule has 0 aliphatic heterocycles. The van der Waals surface area contributed by atoms with E-state index in [0.717, 1.165) is 24.3 Å². The molecule has 0 aromatic heterocycles. The minimum atomic E-state index is 0.00770. The molecule has 0 aliphatic rings. The molecule has 0 aliphatic carbocycles. The van der Waals surface area contributed by atoms with Gasteiger partial charge >= 0.3 is 0 Å². The molecule has 0 unspecified atom stereocenters. The second kappa shape index (κ2) is 8.96. The number of hydrogen-bond acceptors (Lipinski definition) is 3. The summed E-state index contributed by atoms with van der Waals surface area (Å²) in [5.41, 5.74) is 3.17. The van der Waals surface area contributed by atoms with E-state index in [4.69, 9.17) is 9.47 Å². The fourth-order valence-corrected chi connectivity index (χ4v) is 2.58. The molecular formula is C20H25NO3. The van der Waals surface area contributed by atoms with Gasteiger partial charge in [0, 0.05) is 6.42 Å². The third-order valence-electron chi connectivity index (χ3n) is 3.86. The summed E-state index contributed by atoms with van der Waals surface area (Å²) in [7, 11) is 1.67. The van der Waals surface area contributed by atoms with Crippen LogP contribution in [0.15, 0.2) is 42.5 Å². The maximum atomic E-state index is 12.2. The average Bonchev–Trinajstić information content (AvgIpc) is 2.58. The number of aryl methyl sites for hydroxylation is 2. The van der Waals surface area contributed by atoms with Gasteiger partial charge in [-0.2, -0.15) is 0 Å². The Morgan fingerprint density at radius 2 is 1.96 bits per heavy atom. The quantitative estimate of drug-likeness (QED) is 0.783. The van der Waals surface area contributed by atoms with Crippen LogP contribution in [0.5, 0.6) is 11.5 Å². The first-order valence-corrected chi connectivity index (χ1v) is 8.29. The topological polar surface area (TPSA) is 47.6 Å². The number of para-hydroxylation sites is 2. The van der Waals surface area contributed by atoms with Gasteiger partial charge in [-0.3, -0.25) is 4.79 Å². The predicted octanol–water partition coefficient (Wildman–Crippen LogP) is 4.36. The van der Waals surface area contributed by atoms with Crippen molar-refractivity contribution in [3.05, 3.63) is 53.6 Å². The summed E-state index contributed by atoms with van der Waals surface area (Å²) >= 11 is 0. The van der Waals surface area contributed by atoms with Gasteiger partial charge in [0.2, 0.25) is 5.91 Å². The van der Waals surface area contributed by atoms with Crippen LogP contribution in [-0.4, -0.2) is 19.6 Å². The number of ether oxygens (including phenoxy) is 2. The number of methoxy groups -OCH3 is 1. The van der Waals surface area contributed by atoms with E-state index in [-0.39, 0.29) is 5.91 Å². The molecule has 1 amide bonds. The lowest BCUT2D eigenvalue weighted by atomic mass is 10.0. The summed E-state index contributed by atoms with van der Waals surface area (Å²) in [6.07, 6.45) is 2.15. The number of anilines is 1. The molecule has 4 heteroatoms. The fraction of sp³-hybridized carbons (Fsp3) is 0.350. The summed E-state index contributed by atoms with van der Waals surface area (Å²) in [6.45, 7) is 4.57. The summed E-state index contributed by atoms with van der Waals surface area (Å²) < 4.78 is 10.7. The highest BCUT2D eigenvalue weighted by Crippen LogP contribution is 2.24. The van der Waals surface area contributed by atoms with E-state index in [9.17, 15) is 4.79 Å². The standard InChI is InChI=1S/C20H25NO3/c1-4-24-19-10-6-5-9-18(19)21-20(22)11-7-8-16-12-13-17(23-3)14-15(16)2/h5-6,9-10,12-14H,4,7-8,11H2,1-3H3,(H,21,22). The lowest BCUT2D eigenvalue weighted by Gasteiger charge is -2.11. The average molecular weight is 327 g/mol. The van der Waals surface area contributed by atoms with Crippen LogP contribution in [-0.2, 0) is 11.2 Å². The van der Waals surface area contributed by atoms with Crippen LogP contribution in [0.1, 0.15) is 30.9 Å². The monoisotopic (exact) mass is 327 g/mol. The van der Waals surface area contributed by atoms with Gasteiger partial charge in [-0.15, -0.1) is 0 Å². The molecule has 24 heavy (non-hydrogen) atoms. The summed E-state index contributed by atoms with van der Waals surface area (Å²) in [4.78, 5) is 12.2. The fourth-order valence-electron chi connectivity index (χ4n) is 2.58. The highest BCUT2D eigenvalue weighted by atomic mass is 16.5. The third kappa shape index (κ3) is 5.01. The minimum Gasteiger partial charge on any atom is -0.497 e. The molecule has 0 saturated heterocycles. The summed E-state index contributed by atoms with van der Waals surface area (Å²) in [6, 6.07) is 13.5. The van der Waals surface area contributed by atoms with E-state index in [2.05, 4.69) is 18.3 Å². The smallest absolute Gasteiger partial charge is 0.224 e. The Morgan fingerprint density at radius 1 is 1.17 bits per heavy atom. The Kier molecular flexibility index (Phi) is 6.67. The Bertz CT molecular complexity index is 682. The second-order valence-electron chi connectivity index (χ2n) is 5.62. The normalized spacial score (nSPS) is 10.3. The zero-order valence-corrected chi connectivity index (χ0v) is 14.6. The molecule has 0 heterocycles. The number of benzene rings is 2. The van der Waals surface area contributed by atoms with Crippen molar-refractivity contribution in [2.24, 2.45) is 0 Å². The van der Waals surface area contributed by atoms with E-state index < -0.39 is 0 Å². The molecular weight excluding hydrogens is 302 g/mol. The van der Waals surface area contributed by atoms with Gasteiger partial charge in [0.25, 0.3) is 0 Å². The van der Waals surface area contributed by atoms with Crippen molar-refractivity contribution in [1.29, 1.82) is 0 Å². The van der Waals surface area contributed by atoms with Gasteiger partial charge in [0.05, 0.1) is 19.4 Å². The number of nitrogens with one attached hydrogen (secondary N) is 1. The molecule has 0 spiro atoms. The molecule has 0 atom stereocenters. The van der Waals surface area contributed by atoms with Crippen molar-refractivity contribution in [3.8, 4) is 11.5 Å². The second-order valence-corrected chi connectivity index (χ2v) is 5.62. The van der Waals surface area contributed by atoms with Crippen molar-refractivity contribution >= 4 is 11.6 Å². The van der Waals surface area contributed by atoms with Crippen molar-refractivity contribution in [1.82, 2.24) is 0 Å². The predicted molar refractivity (Wildman–Crippen MR) is 96.9 cm³/mol. The minimum absolute atomic E-state index is 0.00770. The number of amides is 1. The molecule has 0 bridgehead atoms. The molecule has 0 saturated carbocycles. The van der Waals surface area contributed by atoms with Gasteiger partial charge in [-0.25, -0.2) is 0 Å². The number of carbonyl (C=O) groups is 1. The Labute approximate surface area is 143 Å². The molecule has 128 valence electrons. The summed E-state index contributed by atoms with van der Waals surface area (Å²) in [5.74, 6) is 1.58. The van der Waals surface area contributed by atoms with Crippen LogP contribution in [0.4, 0.5) is 5.69 Å². The number of rotatable bonds is 8. The Balaban J connectivity index is 1.86. The van der Waals surface area contributed by atoms with Gasteiger partial charge in [-0.1, -0.05) is 18.2 Å². The largest absolute Gasteiger partial charge is 0.497 e. The van der Waals surface area contributed by atoms with Crippen LogP contribution >= 0.6 is 0 Å². The van der Waals surface area contributed by atoms with Crippen LogP contribution in [0.3, 0.4) is 0 Å². The Morgan fingerprint density at radius 3 is 2.67 bits per heavy atom. The first-order valence-electron chi connectivity index (χ1n) is 8.29. The van der Waals surface area contributed by atoms with Crippen molar-refractivity contribution in [2.45, 2.75) is 33.1 Å². The van der Waals surface area contributed by atoms with E-state index >= 15 is 0 Å². The lowest BCUT2D eigenvalue weighted by Crippen LogP contribution is -2.12. The van der Waals surface area contributed by atoms with Gasteiger partial charge < -0.3 is 14.8 Å². The maximum Gasteiger partial charge on any atom is 0.224 e. The molecule has 0 radical (unpaired) electrons. The number of hydrogen-bond donors (Lipinski definition) is 1. The molecule has 4 nitrogen and oxygen atoms in total. The first-order chi connectivity index (χ1) is 11.6. The highest BCUT2D eigenvalue weighted by molar-refractivity contribution is 5.92. The van der Waals surface area contributed by atoms with Crippen LogP contribution in [0.2, 0.25) is 0 Å². The van der Waals surface area contributed by atoms with E-state index in [1.165, 1.54) is 11.1 Å². The SMILES string of the molecule is CCOc1ccccc1NC(=O)CCCc1ccc(OC)cc1C. The highest BCUT2D eigenvalue weighted by Gasteiger charge is 2.08. The summed E-state index contributed by atoms with van der Waals surface area (Å²) in [5, 5.41) is 2.93. The zero-order valence-electron chi connectivity index (χ0n) is 14.6. The van der Waals surface area contributed by atoms with Gasteiger partial charge in [-0.05, 0) is 62.1 Å². The zero-order chi connectivity index (χ0) is 17.4. The molecule has 2 rings (SSSR count). The van der Waals surface area contributed by atoms with E-state index in [1.807, 2.05) is 43.3 Å². The van der Waals surface area contributed by atoms with Crippen molar-refractivity contribution in [3.63, 3.8) is 0 Å². The third-order valence-corrected chi connectivity index (χ3v) is 3.86. The Hall–Kier alpha value is -2.49. The van der Waals surface area contributed by atoms with Crippen LogP contribution < -0.4 is 14.8 Å². The van der Waals surface area contributed by atoms with Gasteiger partial charge in [0.15, 0.2) is 0 Å². The van der Waals surface area contributed by atoms with E-state index in [1.54, 1.807) is 7.11 Å². The lowest BCUT2D eigenvalue weighted by molar-refractivity contribution is -0.116. The van der Waals surface area contributed by atoms with Crippen molar-refractivity contribution < 1.29 is 14.3 Å². The molecule has 2 aromatic carbocycles. The van der Waals surface area contributed by atoms with Crippen molar-refractivity contribution in [2.75, 3.05) is 19.0 Å². The number of carbonyl (C=O) groups excluding carboxylic acids is 1. The molecule has 2 aromatic rings. The molecule has 1 N–H and O–H groups in total. The first kappa shape index (κ1) is 17.9.